The summed E-state index contributed by atoms with van der Waals surface area (Å²) in [7, 11) is -3.75. The van der Waals surface area contributed by atoms with Crippen LogP contribution in [0, 0.1) is 18.3 Å². The van der Waals surface area contributed by atoms with Crippen LogP contribution in [0.4, 0.5) is 5.00 Å². The fourth-order valence-corrected chi connectivity index (χ4v) is 3.15. The molecule has 18 heavy (non-hydrogen) atoms. The Morgan fingerprint density at radius 1 is 1.61 bits per heavy atom. The summed E-state index contributed by atoms with van der Waals surface area (Å²) in [4.78, 5) is 12.4. The number of nitrogens with zero attached hydrogens (tertiary/aromatic N) is 1. The second-order valence-corrected chi connectivity index (χ2v) is 6.32. The number of carbonyl (C=O) groups excluding carboxylic acids is 1. The van der Waals surface area contributed by atoms with Crippen LogP contribution >= 0.6 is 11.3 Å². The van der Waals surface area contributed by atoms with Gasteiger partial charge in [0.15, 0.2) is 5.75 Å². The zero-order valence-electron chi connectivity index (χ0n) is 9.89. The van der Waals surface area contributed by atoms with Crippen molar-refractivity contribution in [1.29, 1.82) is 5.26 Å². The van der Waals surface area contributed by atoms with Crippen molar-refractivity contribution in [2.45, 2.75) is 13.8 Å². The Balaban J connectivity index is 3.04. The largest absolute Gasteiger partial charge is 0.462 e. The Morgan fingerprint density at radius 2 is 2.28 bits per heavy atom. The first-order valence-corrected chi connectivity index (χ1v) is 7.51. The van der Waals surface area contributed by atoms with E-state index < -0.39 is 21.7 Å². The zero-order valence-corrected chi connectivity index (χ0v) is 11.5. The van der Waals surface area contributed by atoms with Gasteiger partial charge in [-0.3, -0.25) is 4.72 Å². The van der Waals surface area contributed by atoms with Gasteiger partial charge in [-0.2, -0.15) is 5.26 Å². The van der Waals surface area contributed by atoms with Crippen molar-refractivity contribution in [3.63, 3.8) is 0 Å². The van der Waals surface area contributed by atoms with Gasteiger partial charge in [-0.15, -0.1) is 11.3 Å². The van der Waals surface area contributed by atoms with Crippen LogP contribution in [-0.2, 0) is 14.8 Å². The lowest BCUT2D eigenvalue weighted by molar-refractivity contribution is 0.0528. The molecule has 0 aliphatic rings. The molecule has 1 N–H and O–H groups in total. The highest BCUT2D eigenvalue weighted by Gasteiger charge is 2.20. The number of carbonyl (C=O) groups is 1. The fourth-order valence-electron chi connectivity index (χ4n) is 1.21. The number of aryl methyl sites for hydroxylation is 1. The molecule has 0 fully saturated rings. The Bertz CT molecular complexity index is 584. The molecule has 0 aromatic carbocycles. The smallest absolute Gasteiger partial charge is 0.341 e. The fraction of sp³-hybridized carbons (Fsp3) is 0.400. The number of nitrogens with one attached hydrogen (secondary N) is 1. The van der Waals surface area contributed by atoms with E-state index in [0.717, 1.165) is 16.2 Å². The molecule has 0 unspecified atom stereocenters. The number of hydrogen-bond donors (Lipinski definition) is 1. The van der Waals surface area contributed by atoms with Gasteiger partial charge >= 0.3 is 5.97 Å². The van der Waals surface area contributed by atoms with Crippen LogP contribution in [0.5, 0.6) is 0 Å². The summed E-state index contributed by atoms with van der Waals surface area (Å²) in [5.74, 6) is -1.25. The topological polar surface area (TPSA) is 96.3 Å². The van der Waals surface area contributed by atoms with Crippen molar-refractivity contribution in [1.82, 2.24) is 0 Å². The molecule has 1 rings (SSSR count). The lowest BCUT2D eigenvalue weighted by Gasteiger charge is -2.05. The van der Waals surface area contributed by atoms with E-state index in [1.54, 1.807) is 26.0 Å². The standard InChI is InChI=1S/C10H12N2O4S2/c1-3-16-10(13)8-6-7(2)17-9(8)12-18(14,15)5-4-11/h6,12H,3,5H2,1-2H3. The first kappa shape index (κ1) is 14.5. The molecule has 0 amide bonds. The van der Waals surface area contributed by atoms with Crippen molar-refractivity contribution in [2.75, 3.05) is 17.1 Å². The first-order chi connectivity index (χ1) is 8.39. The number of nitriles is 1. The van der Waals surface area contributed by atoms with Gasteiger partial charge in [0.2, 0.25) is 10.0 Å². The molecule has 0 aliphatic carbocycles. The van der Waals surface area contributed by atoms with Gasteiger partial charge < -0.3 is 4.74 Å². The second kappa shape index (κ2) is 5.84. The van der Waals surface area contributed by atoms with Crippen LogP contribution in [0.25, 0.3) is 0 Å². The maximum Gasteiger partial charge on any atom is 0.341 e. The molecule has 1 aromatic rings. The van der Waals surface area contributed by atoms with E-state index >= 15 is 0 Å². The third-order valence-electron chi connectivity index (χ3n) is 1.85. The molecule has 8 heteroatoms. The van der Waals surface area contributed by atoms with E-state index in [4.69, 9.17) is 10.00 Å². The Labute approximate surface area is 109 Å². The highest BCUT2D eigenvalue weighted by molar-refractivity contribution is 7.93. The predicted molar refractivity (Wildman–Crippen MR) is 68.0 cm³/mol. The van der Waals surface area contributed by atoms with Gasteiger partial charge in [0.1, 0.15) is 5.00 Å². The molecule has 0 bridgehead atoms. The van der Waals surface area contributed by atoms with E-state index in [0.29, 0.717) is 0 Å². The van der Waals surface area contributed by atoms with Gasteiger partial charge in [-0.1, -0.05) is 0 Å². The highest BCUT2D eigenvalue weighted by Crippen LogP contribution is 2.29. The van der Waals surface area contributed by atoms with Gasteiger partial charge in [-0.25, -0.2) is 13.2 Å². The number of anilines is 1. The Kier molecular flexibility index (Phi) is 4.69. The maximum absolute atomic E-state index is 11.6. The molecule has 0 atom stereocenters. The third-order valence-corrected chi connectivity index (χ3v) is 3.97. The summed E-state index contributed by atoms with van der Waals surface area (Å²) in [5, 5.41) is 8.57. The van der Waals surface area contributed by atoms with E-state index in [9.17, 15) is 13.2 Å². The zero-order chi connectivity index (χ0) is 13.8. The lowest BCUT2D eigenvalue weighted by atomic mass is 10.3. The Hall–Kier alpha value is -1.59. The van der Waals surface area contributed by atoms with Gasteiger partial charge in [0, 0.05) is 4.88 Å². The molecule has 1 heterocycles. The SMILES string of the molecule is CCOC(=O)c1cc(C)sc1NS(=O)(=O)CC#N. The summed E-state index contributed by atoms with van der Waals surface area (Å²) in [6.07, 6.45) is 0. The monoisotopic (exact) mass is 288 g/mol. The number of esters is 1. The van der Waals surface area contributed by atoms with Crippen LogP contribution < -0.4 is 4.72 Å². The molecule has 0 saturated heterocycles. The summed E-state index contributed by atoms with van der Waals surface area (Å²) < 4.78 is 30.0. The summed E-state index contributed by atoms with van der Waals surface area (Å²) in [6, 6.07) is 3.10. The minimum Gasteiger partial charge on any atom is -0.462 e. The minimum atomic E-state index is -3.75. The van der Waals surface area contributed by atoms with Crippen molar-refractivity contribution in [2.24, 2.45) is 0 Å². The molecular formula is C10H12N2O4S2. The van der Waals surface area contributed by atoms with Gasteiger partial charge in [-0.05, 0) is 19.9 Å². The first-order valence-electron chi connectivity index (χ1n) is 5.04. The minimum absolute atomic E-state index is 0.167. The Morgan fingerprint density at radius 3 is 2.83 bits per heavy atom. The average molecular weight is 288 g/mol. The molecule has 0 aliphatic heterocycles. The molecule has 0 saturated carbocycles. The maximum atomic E-state index is 11.6. The number of ether oxygens (including phenoxy) is 1. The second-order valence-electron chi connectivity index (χ2n) is 3.34. The van der Waals surface area contributed by atoms with Crippen LogP contribution in [-0.4, -0.2) is 26.7 Å². The quantitative estimate of drug-likeness (QED) is 0.828. The molecule has 0 spiro atoms. The average Bonchev–Trinajstić information content (AvgIpc) is 2.58. The van der Waals surface area contributed by atoms with E-state index in [1.165, 1.54) is 0 Å². The van der Waals surface area contributed by atoms with E-state index in [2.05, 4.69) is 4.72 Å². The van der Waals surface area contributed by atoms with E-state index in [-0.39, 0.29) is 17.2 Å². The highest BCUT2D eigenvalue weighted by atomic mass is 32.2. The summed E-state index contributed by atoms with van der Waals surface area (Å²) in [5.41, 5.74) is 0.167. The van der Waals surface area contributed by atoms with Gasteiger partial charge in [0.05, 0.1) is 18.2 Å². The number of thiophene rings is 1. The summed E-state index contributed by atoms with van der Waals surface area (Å²) >= 11 is 1.12. The molecule has 98 valence electrons. The van der Waals surface area contributed by atoms with Crippen LogP contribution in [0.2, 0.25) is 0 Å². The molecular weight excluding hydrogens is 276 g/mol. The van der Waals surface area contributed by atoms with E-state index in [1.807, 2.05) is 0 Å². The van der Waals surface area contributed by atoms with Crippen LogP contribution in [0.3, 0.4) is 0 Å². The summed E-state index contributed by atoms with van der Waals surface area (Å²) in [6.45, 7) is 3.62. The number of rotatable bonds is 5. The molecule has 1 aromatic heterocycles. The molecule has 6 nitrogen and oxygen atoms in total. The van der Waals surface area contributed by atoms with Crippen molar-refractivity contribution in [3.05, 3.63) is 16.5 Å². The lowest BCUT2D eigenvalue weighted by Crippen LogP contribution is -2.17. The van der Waals surface area contributed by atoms with Crippen molar-refractivity contribution >= 4 is 32.3 Å². The van der Waals surface area contributed by atoms with Gasteiger partial charge in [0.25, 0.3) is 0 Å². The molecule has 0 radical (unpaired) electrons. The predicted octanol–water partition coefficient (Wildman–Crippen LogP) is 1.50. The third kappa shape index (κ3) is 3.72. The number of sulfonamides is 1. The normalized spacial score (nSPS) is 10.7. The van der Waals surface area contributed by atoms with Crippen LogP contribution in [0.1, 0.15) is 22.2 Å². The van der Waals surface area contributed by atoms with Crippen LogP contribution in [0.15, 0.2) is 6.07 Å². The number of hydrogen-bond acceptors (Lipinski definition) is 6. The van der Waals surface area contributed by atoms with Crippen molar-refractivity contribution in [3.8, 4) is 6.07 Å². The van der Waals surface area contributed by atoms with Crippen molar-refractivity contribution < 1.29 is 17.9 Å².